The Hall–Kier alpha value is -1.02. The fraction of sp³-hybridized carbons (Fsp3) is 0.562. The van der Waals surface area contributed by atoms with Crippen molar-refractivity contribution in [2.24, 2.45) is 5.41 Å². The maximum absolute atomic E-state index is 12.2. The molecule has 2 nitrogen and oxygen atoms in total. The van der Waals surface area contributed by atoms with E-state index in [1.54, 1.807) is 0 Å². The highest BCUT2D eigenvalue weighted by atomic mass is 35.5. The molecule has 0 heterocycles. The van der Waals surface area contributed by atoms with Crippen LogP contribution in [0.2, 0.25) is 0 Å². The number of alkyl halides is 1. The summed E-state index contributed by atoms with van der Waals surface area (Å²) in [5, 5.41) is 3.02. The van der Waals surface area contributed by atoms with Crippen molar-refractivity contribution in [3.8, 4) is 0 Å². The van der Waals surface area contributed by atoms with E-state index >= 15 is 0 Å². The van der Waals surface area contributed by atoms with Crippen LogP contribution in [0.25, 0.3) is 0 Å². The van der Waals surface area contributed by atoms with Crippen molar-refractivity contribution in [3.63, 3.8) is 0 Å². The third-order valence-corrected chi connectivity index (χ3v) is 4.46. The largest absolute Gasteiger partial charge is 0.351 e. The van der Waals surface area contributed by atoms with Gasteiger partial charge in [-0.25, -0.2) is 0 Å². The summed E-state index contributed by atoms with van der Waals surface area (Å²) in [6, 6.07) is 5.91. The molecule has 1 rings (SSSR count). The molecule has 0 aliphatic rings. The molecule has 106 valence electrons. The summed E-state index contributed by atoms with van der Waals surface area (Å²) in [7, 11) is 0. The minimum absolute atomic E-state index is 0.0100. The molecule has 1 aromatic carbocycles. The molecule has 3 heteroatoms. The average Bonchev–Trinajstić information content (AvgIpc) is 2.39. The summed E-state index contributed by atoms with van der Waals surface area (Å²) in [5.41, 5.74) is 2.96. The number of carbonyl (C=O) groups is 1. The third kappa shape index (κ3) is 4.24. The number of hydrogen-bond acceptors (Lipinski definition) is 1. The SMILES string of the molecule is CCC(CC)(CCl)CNC(=O)c1cc(C)cc(C)c1. The van der Waals surface area contributed by atoms with Gasteiger partial charge in [-0.2, -0.15) is 0 Å². The minimum Gasteiger partial charge on any atom is -0.351 e. The molecule has 0 aromatic heterocycles. The molecular weight excluding hydrogens is 258 g/mol. The first-order valence-electron chi connectivity index (χ1n) is 6.89. The van der Waals surface area contributed by atoms with Crippen molar-refractivity contribution in [1.82, 2.24) is 5.32 Å². The van der Waals surface area contributed by atoms with E-state index < -0.39 is 0 Å². The Bertz CT molecular complexity index is 410. The Morgan fingerprint density at radius 1 is 1.16 bits per heavy atom. The fourth-order valence-corrected chi connectivity index (χ4v) is 2.68. The van der Waals surface area contributed by atoms with Crippen LogP contribution >= 0.6 is 11.6 Å². The summed E-state index contributed by atoms with van der Waals surface area (Å²) < 4.78 is 0. The van der Waals surface area contributed by atoms with E-state index in [1.165, 1.54) is 0 Å². The van der Waals surface area contributed by atoms with Gasteiger partial charge >= 0.3 is 0 Å². The number of nitrogens with one attached hydrogen (secondary N) is 1. The highest BCUT2D eigenvalue weighted by molar-refractivity contribution is 6.18. The highest BCUT2D eigenvalue weighted by Crippen LogP contribution is 2.27. The van der Waals surface area contributed by atoms with Gasteiger partial charge in [-0.05, 0) is 38.8 Å². The van der Waals surface area contributed by atoms with Gasteiger partial charge in [0.1, 0.15) is 0 Å². The third-order valence-electron chi connectivity index (χ3n) is 3.89. The van der Waals surface area contributed by atoms with Gasteiger partial charge in [0.2, 0.25) is 0 Å². The molecule has 19 heavy (non-hydrogen) atoms. The second-order valence-corrected chi connectivity index (χ2v) is 5.67. The van der Waals surface area contributed by atoms with Gasteiger partial charge in [0.15, 0.2) is 0 Å². The molecule has 0 atom stereocenters. The molecule has 0 radical (unpaired) electrons. The second kappa shape index (κ2) is 6.95. The summed E-state index contributed by atoms with van der Waals surface area (Å²) in [6.07, 6.45) is 1.94. The zero-order chi connectivity index (χ0) is 14.5. The van der Waals surface area contributed by atoms with E-state index in [0.717, 1.165) is 29.5 Å². The molecule has 0 aliphatic heterocycles. The van der Waals surface area contributed by atoms with E-state index in [9.17, 15) is 4.79 Å². The molecule has 0 aliphatic carbocycles. The quantitative estimate of drug-likeness (QED) is 0.782. The molecule has 1 aromatic rings. The normalized spacial score (nSPS) is 11.4. The first-order chi connectivity index (χ1) is 8.96. The Labute approximate surface area is 121 Å². The van der Waals surface area contributed by atoms with Gasteiger partial charge in [-0.3, -0.25) is 4.79 Å². The zero-order valence-electron chi connectivity index (χ0n) is 12.3. The van der Waals surface area contributed by atoms with Crippen LogP contribution in [0, 0.1) is 19.3 Å². The first-order valence-corrected chi connectivity index (χ1v) is 7.42. The maximum atomic E-state index is 12.2. The Morgan fingerprint density at radius 2 is 1.68 bits per heavy atom. The lowest BCUT2D eigenvalue weighted by molar-refractivity contribution is 0.0931. The van der Waals surface area contributed by atoms with Crippen molar-refractivity contribution in [2.45, 2.75) is 40.5 Å². The monoisotopic (exact) mass is 281 g/mol. The fourth-order valence-electron chi connectivity index (χ4n) is 2.21. The van der Waals surface area contributed by atoms with E-state index in [4.69, 9.17) is 11.6 Å². The van der Waals surface area contributed by atoms with Gasteiger partial charge in [0.25, 0.3) is 5.91 Å². The number of benzene rings is 1. The minimum atomic E-state index is -0.0109. The second-order valence-electron chi connectivity index (χ2n) is 5.40. The van der Waals surface area contributed by atoms with Gasteiger partial charge in [-0.1, -0.05) is 31.0 Å². The molecule has 0 saturated heterocycles. The van der Waals surface area contributed by atoms with E-state index in [1.807, 2.05) is 26.0 Å². The van der Waals surface area contributed by atoms with Crippen LogP contribution in [0.5, 0.6) is 0 Å². The van der Waals surface area contributed by atoms with Crippen LogP contribution in [0.1, 0.15) is 48.2 Å². The molecule has 0 saturated carbocycles. The topological polar surface area (TPSA) is 29.1 Å². The van der Waals surface area contributed by atoms with Crippen molar-refractivity contribution in [1.29, 1.82) is 0 Å². The molecule has 0 spiro atoms. The lowest BCUT2D eigenvalue weighted by atomic mass is 9.84. The maximum Gasteiger partial charge on any atom is 0.251 e. The van der Waals surface area contributed by atoms with Crippen LogP contribution in [-0.2, 0) is 0 Å². The van der Waals surface area contributed by atoms with E-state index in [0.29, 0.717) is 12.4 Å². The van der Waals surface area contributed by atoms with Crippen LogP contribution in [0.3, 0.4) is 0 Å². The molecule has 0 bridgehead atoms. The summed E-state index contributed by atoms with van der Waals surface area (Å²) in [6.45, 7) is 8.88. The number of aryl methyl sites for hydroxylation is 2. The van der Waals surface area contributed by atoms with E-state index in [2.05, 4.69) is 25.2 Å². The standard InChI is InChI=1S/C16H24ClNO/c1-5-16(6-2,10-17)11-18-15(19)14-8-12(3)7-13(4)9-14/h7-9H,5-6,10-11H2,1-4H3,(H,18,19). The van der Waals surface area contributed by atoms with Crippen LogP contribution in [0.15, 0.2) is 18.2 Å². The van der Waals surface area contributed by atoms with Crippen LogP contribution in [-0.4, -0.2) is 18.3 Å². The van der Waals surface area contributed by atoms with Gasteiger partial charge in [0.05, 0.1) is 0 Å². The molecular formula is C16H24ClNO. The van der Waals surface area contributed by atoms with Crippen LogP contribution in [0.4, 0.5) is 0 Å². The van der Waals surface area contributed by atoms with Crippen molar-refractivity contribution in [3.05, 3.63) is 34.9 Å². The first kappa shape index (κ1) is 16.0. The number of hydrogen-bond donors (Lipinski definition) is 1. The van der Waals surface area contributed by atoms with Crippen LogP contribution < -0.4 is 5.32 Å². The van der Waals surface area contributed by atoms with Gasteiger partial charge < -0.3 is 5.32 Å². The summed E-state index contributed by atoms with van der Waals surface area (Å²) in [5.74, 6) is 0.566. The average molecular weight is 282 g/mol. The summed E-state index contributed by atoms with van der Waals surface area (Å²) in [4.78, 5) is 12.2. The number of rotatable bonds is 6. The molecule has 1 N–H and O–H groups in total. The Kier molecular flexibility index (Phi) is 5.86. The van der Waals surface area contributed by atoms with Crippen molar-refractivity contribution in [2.75, 3.05) is 12.4 Å². The lowest BCUT2D eigenvalue weighted by Crippen LogP contribution is -2.38. The van der Waals surface area contributed by atoms with E-state index in [-0.39, 0.29) is 11.3 Å². The van der Waals surface area contributed by atoms with Gasteiger partial charge in [0, 0.05) is 23.4 Å². The molecule has 1 amide bonds. The molecule has 0 unspecified atom stereocenters. The summed E-state index contributed by atoms with van der Waals surface area (Å²) >= 11 is 6.05. The zero-order valence-corrected chi connectivity index (χ0v) is 13.1. The highest BCUT2D eigenvalue weighted by Gasteiger charge is 2.25. The Morgan fingerprint density at radius 3 is 2.11 bits per heavy atom. The predicted molar refractivity (Wildman–Crippen MR) is 82.0 cm³/mol. The Balaban J connectivity index is 2.74. The number of halogens is 1. The number of carbonyl (C=O) groups excluding carboxylic acids is 1. The lowest BCUT2D eigenvalue weighted by Gasteiger charge is -2.29. The van der Waals surface area contributed by atoms with Crippen molar-refractivity contribution < 1.29 is 4.79 Å². The predicted octanol–water partition coefficient (Wildman–Crippen LogP) is 4.08. The van der Waals surface area contributed by atoms with Crippen molar-refractivity contribution >= 4 is 17.5 Å². The van der Waals surface area contributed by atoms with Gasteiger partial charge in [-0.15, -0.1) is 11.6 Å². The number of amides is 1. The molecule has 0 fully saturated rings. The smallest absolute Gasteiger partial charge is 0.251 e.